The summed E-state index contributed by atoms with van der Waals surface area (Å²) >= 11 is 0. The molecular weight excluding hydrogens is 308 g/mol. The molecule has 2 aromatic rings. The molecule has 0 spiro atoms. The van der Waals surface area contributed by atoms with Crippen molar-refractivity contribution >= 4 is 17.7 Å². The zero-order chi connectivity index (χ0) is 17.4. The highest BCUT2D eigenvalue weighted by molar-refractivity contribution is 5.91. The van der Waals surface area contributed by atoms with Gasteiger partial charge in [-0.3, -0.25) is 4.79 Å². The number of urea groups is 1. The first-order valence-electron chi connectivity index (χ1n) is 7.69. The van der Waals surface area contributed by atoms with Crippen LogP contribution >= 0.6 is 0 Å². The Morgan fingerprint density at radius 1 is 1.08 bits per heavy atom. The molecule has 0 aliphatic rings. The van der Waals surface area contributed by atoms with Gasteiger partial charge in [0.25, 0.3) is 0 Å². The maximum absolute atomic E-state index is 12.1. The third-order valence-corrected chi connectivity index (χ3v) is 3.36. The Balaban J connectivity index is 2.04. The molecule has 2 rings (SSSR count). The zero-order valence-electron chi connectivity index (χ0n) is 13.4. The monoisotopic (exact) mass is 328 g/mol. The Labute approximate surface area is 140 Å². The van der Waals surface area contributed by atoms with E-state index in [1.54, 1.807) is 24.3 Å². The number of carbonyl (C=O) groups is 2. The second-order valence-corrected chi connectivity index (χ2v) is 5.21. The number of hydrogen-bond donors (Lipinski definition) is 3. The minimum Gasteiger partial charge on any atom is -0.481 e. The van der Waals surface area contributed by atoms with E-state index < -0.39 is 18.0 Å². The molecule has 3 N–H and O–H groups in total. The van der Waals surface area contributed by atoms with Gasteiger partial charge in [-0.05, 0) is 30.7 Å². The largest absolute Gasteiger partial charge is 0.481 e. The predicted octanol–water partition coefficient (Wildman–Crippen LogP) is 3.85. The van der Waals surface area contributed by atoms with Crippen LogP contribution in [-0.4, -0.2) is 23.1 Å². The highest BCUT2D eigenvalue weighted by Crippen LogP contribution is 2.28. The van der Waals surface area contributed by atoms with Crippen LogP contribution in [0.2, 0.25) is 0 Å². The molecule has 0 radical (unpaired) electrons. The number of carbonyl (C=O) groups excluding carboxylic acids is 1. The summed E-state index contributed by atoms with van der Waals surface area (Å²) in [5.41, 5.74) is 0.504. The third-order valence-electron chi connectivity index (χ3n) is 3.36. The fourth-order valence-electron chi connectivity index (χ4n) is 2.13. The molecule has 6 heteroatoms. The molecule has 0 saturated heterocycles. The standard InChI is InChI=1S/C18H20N2O4/c1-2-13(12-17(21)22)19-18(23)20-15-10-6-7-11-16(15)24-14-8-4-3-5-9-14/h3-11,13H,2,12H2,1H3,(H,21,22)(H2,19,20,23)/t13-/m0/s1. The Kier molecular flexibility index (Phi) is 6.19. The summed E-state index contributed by atoms with van der Waals surface area (Å²) in [5, 5.41) is 14.2. The van der Waals surface area contributed by atoms with Crippen molar-refractivity contribution in [2.24, 2.45) is 0 Å². The van der Waals surface area contributed by atoms with Gasteiger partial charge in [0.05, 0.1) is 12.1 Å². The number of rotatable bonds is 7. The van der Waals surface area contributed by atoms with Crippen molar-refractivity contribution in [2.75, 3.05) is 5.32 Å². The van der Waals surface area contributed by atoms with Crippen LogP contribution in [0.25, 0.3) is 0 Å². The number of ether oxygens (including phenoxy) is 1. The molecule has 0 aromatic heterocycles. The summed E-state index contributed by atoms with van der Waals surface area (Å²) in [6.07, 6.45) is 0.411. The second-order valence-electron chi connectivity index (χ2n) is 5.21. The van der Waals surface area contributed by atoms with E-state index in [0.717, 1.165) is 0 Å². The lowest BCUT2D eigenvalue weighted by Gasteiger charge is -2.17. The summed E-state index contributed by atoms with van der Waals surface area (Å²) in [4.78, 5) is 22.9. The van der Waals surface area contributed by atoms with E-state index in [0.29, 0.717) is 23.6 Å². The van der Waals surface area contributed by atoms with Gasteiger partial charge >= 0.3 is 12.0 Å². The maximum atomic E-state index is 12.1. The van der Waals surface area contributed by atoms with Crippen LogP contribution in [0, 0.1) is 0 Å². The Morgan fingerprint density at radius 3 is 2.42 bits per heavy atom. The molecule has 126 valence electrons. The van der Waals surface area contributed by atoms with E-state index in [2.05, 4.69) is 10.6 Å². The fraction of sp³-hybridized carbons (Fsp3) is 0.222. The van der Waals surface area contributed by atoms with E-state index in [9.17, 15) is 9.59 Å². The van der Waals surface area contributed by atoms with E-state index in [1.165, 1.54) is 0 Å². The number of aliphatic carboxylic acids is 1. The van der Waals surface area contributed by atoms with Crippen molar-refractivity contribution in [2.45, 2.75) is 25.8 Å². The molecule has 1 atom stereocenters. The van der Waals surface area contributed by atoms with Crippen LogP contribution in [0.15, 0.2) is 54.6 Å². The lowest BCUT2D eigenvalue weighted by atomic mass is 10.1. The minimum atomic E-state index is -0.949. The number of nitrogens with one attached hydrogen (secondary N) is 2. The molecule has 0 aliphatic carbocycles. The van der Waals surface area contributed by atoms with Gasteiger partial charge in [0.2, 0.25) is 0 Å². The number of hydrogen-bond acceptors (Lipinski definition) is 3. The first-order valence-corrected chi connectivity index (χ1v) is 7.69. The normalized spacial score (nSPS) is 11.4. The first kappa shape index (κ1) is 17.3. The summed E-state index contributed by atoms with van der Waals surface area (Å²) in [7, 11) is 0. The average molecular weight is 328 g/mol. The molecule has 0 saturated carbocycles. The topological polar surface area (TPSA) is 87.7 Å². The number of amides is 2. The smallest absolute Gasteiger partial charge is 0.319 e. The summed E-state index contributed by atoms with van der Waals surface area (Å²) in [6.45, 7) is 1.82. The van der Waals surface area contributed by atoms with E-state index in [-0.39, 0.29) is 6.42 Å². The molecule has 2 aromatic carbocycles. The number of para-hydroxylation sites is 3. The van der Waals surface area contributed by atoms with Gasteiger partial charge in [-0.15, -0.1) is 0 Å². The van der Waals surface area contributed by atoms with Gasteiger partial charge in [-0.2, -0.15) is 0 Å². The zero-order valence-corrected chi connectivity index (χ0v) is 13.4. The van der Waals surface area contributed by atoms with Gasteiger partial charge in [0, 0.05) is 6.04 Å². The Bertz CT molecular complexity index is 688. The number of carboxylic acids is 1. The second kappa shape index (κ2) is 8.57. The van der Waals surface area contributed by atoms with Crippen LogP contribution in [0.5, 0.6) is 11.5 Å². The summed E-state index contributed by atoms with van der Waals surface area (Å²) < 4.78 is 5.77. The van der Waals surface area contributed by atoms with Gasteiger partial charge < -0.3 is 20.5 Å². The van der Waals surface area contributed by atoms with E-state index in [4.69, 9.17) is 9.84 Å². The van der Waals surface area contributed by atoms with Crippen LogP contribution < -0.4 is 15.4 Å². The summed E-state index contributed by atoms with van der Waals surface area (Å²) in [5.74, 6) is 0.213. The van der Waals surface area contributed by atoms with E-state index in [1.807, 2.05) is 37.3 Å². The van der Waals surface area contributed by atoms with E-state index >= 15 is 0 Å². The lowest BCUT2D eigenvalue weighted by Crippen LogP contribution is -2.38. The lowest BCUT2D eigenvalue weighted by molar-refractivity contribution is -0.137. The van der Waals surface area contributed by atoms with Gasteiger partial charge in [0.1, 0.15) is 5.75 Å². The molecule has 0 fully saturated rings. The number of carboxylic acid groups (broad SMARTS) is 1. The van der Waals surface area contributed by atoms with Crippen LogP contribution in [0.1, 0.15) is 19.8 Å². The van der Waals surface area contributed by atoms with Gasteiger partial charge in [0.15, 0.2) is 5.75 Å². The number of anilines is 1. The maximum Gasteiger partial charge on any atom is 0.319 e. The molecular formula is C18H20N2O4. The van der Waals surface area contributed by atoms with Crippen molar-refractivity contribution < 1.29 is 19.4 Å². The molecule has 24 heavy (non-hydrogen) atoms. The predicted molar refractivity (Wildman–Crippen MR) is 91.4 cm³/mol. The number of benzene rings is 2. The van der Waals surface area contributed by atoms with Gasteiger partial charge in [-0.25, -0.2) is 4.79 Å². The highest BCUT2D eigenvalue weighted by atomic mass is 16.5. The minimum absolute atomic E-state index is 0.119. The van der Waals surface area contributed by atoms with Crippen molar-refractivity contribution in [3.63, 3.8) is 0 Å². The Hall–Kier alpha value is -3.02. The Morgan fingerprint density at radius 2 is 1.75 bits per heavy atom. The first-order chi connectivity index (χ1) is 11.6. The molecule has 2 amide bonds. The molecule has 0 unspecified atom stereocenters. The van der Waals surface area contributed by atoms with Crippen molar-refractivity contribution in [1.29, 1.82) is 0 Å². The van der Waals surface area contributed by atoms with Crippen molar-refractivity contribution in [3.05, 3.63) is 54.6 Å². The average Bonchev–Trinajstić information content (AvgIpc) is 2.56. The van der Waals surface area contributed by atoms with Crippen molar-refractivity contribution in [1.82, 2.24) is 5.32 Å². The fourth-order valence-corrected chi connectivity index (χ4v) is 2.13. The third kappa shape index (κ3) is 5.31. The SMILES string of the molecule is CC[C@@H](CC(=O)O)NC(=O)Nc1ccccc1Oc1ccccc1. The highest BCUT2D eigenvalue weighted by Gasteiger charge is 2.15. The quantitative estimate of drug-likeness (QED) is 0.720. The van der Waals surface area contributed by atoms with Crippen LogP contribution in [0.4, 0.5) is 10.5 Å². The van der Waals surface area contributed by atoms with Crippen LogP contribution in [-0.2, 0) is 4.79 Å². The molecule has 0 aliphatic heterocycles. The van der Waals surface area contributed by atoms with Crippen molar-refractivity contribution in [3.8, 4) is 11.5 Å². The molecule has 0 bridgehead atoms. The molecule has 0 heterocycles. The van der Waals surface area contributed by atoms with Crippen LogP contribution in [0.3, 0.4) is 0 Å². The summed E-state index contributed by atoms with van der Waals surface area (Å²) in [6, 6.07) is 15.4. The molecule has 6 nitrogen and oxygen atoms in total. The van der Waals surface area contributed by atoms with Gasteiger partial charge in [-0.1, -0.05) is 37.3 Å².